The van der Waals surface area contributed by atoms with Crippen LogP contribution in [0.1, 0.15) is 59.4 Å². The van der Waals surface area contributed by atoms with Crippen molar-refractivity contribution in [3.63, 3.8) is 0 Å². The van der Waals surface area contributed by atoms with E-state index in [4.69, 9.17) is 5.73 Å². The summed E-state index contributed by atoms with van der Waals surface area (Å²) in [5.74, 6) is 0.849. The fourth-order valence-electron chi connectivity index (χ4n) is 4.56. The number of primary amides is 1. The van der Waals surface area contributed by atoms with Crippen LogP contribution in [0.5, 0.6) is 0 Å². The van der Waals surface area contributed by atoms with Gasteiger partial charge in [-0.15, -0.1) is 0 Å². The van der Waals surface area contributed by atoms with Gasteiger partial charge in [-0.1, -0.05) is 19.9 Å². The first kappa shape index (κ1) is 14.9. The topological polar surface area (TPSA) is 63.4 Å². The van der Waals surface area contributed by atoms with Crippen molar-refractivity contribution in [2.45, 2.75) is 44.6 Å². The molecule has 1 saturated carbocycles. The van der Waals surface area contributed by atoms with Gasteiger partial charge in [0.1, 0.15) is 0 Å². The molecule has 4 heteroatoms. The summed E-state index contributed by atoms with van der Waals surface area (Å²) >= 11 is 0. The maximum Gasteiger partial charge on any atom is 0.248 e. The lowest BCUT2D eigenvalue weighted by Gasteiger charge is -2.53. The monoisotopic (exact) mass is 312 g/mol. The summed E-state index contributed by atoms with van der Waals surface area (Å²) in [6.07, 6.45) is 3.64. The summed E-state index contributed by atoms with van der Waals surface area (Å²) in [4.78, 5) is 27.1. The van der Waals surface area contributed by atoms with Crippen LogP contribution in [0.15, 0.2) is 18.2 Å². The van der Waals surface area contributed by atoms with Gasteiger partial charge >= 0.3 is 0 Å². The van der Waals surface area contributed by atoms with Crippen molar-refractivity contribution in [1.82, 2.24) is 4.90 Å². The molecule has 1 aromatic carbocycles. The molecule has 122 valence electrons. The Labute approximate surface area is 137 Å². The molecule has 3 aliphatic rings. The molecule has 0 radical (unpaired) electrons. The molecule has 0 aromatic heterocycles. The van der Waals surface area contributed by atoms with Gasteiger partial charge in [-0.05, 0) is 60.8 Å². The summed E-state index contributed by atoms with van der Waals surface area (Å²) in [5, 5.41) is 0. The number of likely N-dealkylation sites (tertiary alicyclic amines) is 1. The Balaban J connectivity index is 1.79. The molecule has 1 unspecified atom stereocenters. The fourth-order valence-corrected chi connectivity index (χ4v) is 4.56. The zero-order chi connectivity index (χ0) is 16.4. The molecule has 23 heavy (non-hydrogen) atoms. The van der Waals surface area contributed by atoms with Crippen LogP contribution >= 0.6 is 0 Å². The number of ketones is 1. The Hall–Kier alpha value is -1.68. The molecule has 1 amide bonds. The Morgan fingerprint density at radius 1 is 1.39 bits per heavy atom. The van der Waals surface area contributed by atoms with E-state index >= 15 is 0 Å². The second kappa shape index (κ2) is 4.91. The van der Waals surface area contributed by atoms with Gasteiger partial charge in [0.05, 0.1) is 6.04 Å². The predicted octanol–water partition coefficient (Wildman–Crippen LogP) is 2.36. The van der Waals surface area contributed by atoms with Crippen molar-refractivity contribution in [2.75, 3.05) is 13.1 Å². The molecule has 2 aliphatic carbocycles. The van der Waals surface area contributed by atoms with Crippen molar-refractivity contribution in [3.8, 4) is 0 Å². The molecule has 4 rings (SSSR count). The zero-order valence-corrected chi connectivity index (χ0v) is 13.8. The molecule has 1 saturated heterocycles. The van der Waals surface area contributed by atoms with Crippen molar-refractivity contribution in [2.24, 2.45) is 17.6 Å². The lowest BCUT2D eigenvalue weighted by atomic mass is 9.58. The Kier molecular flexibility index (Phi) is 3.17. The number of Topliss-reactive ketones (excluding diaryl/α,β-unsaturated/α-hetero) is 1. The van der Waals surface area contributed by atoms with Crippen molar-refractivity contribution >= 4 is 11.7 Å². The molecule has 2 N–H and O–H groups in total. The van der Waals surface area contributed by atoms with E-state index in [1.807, 2.05) is 12.1 Å². The van der Waals surface area contributed by atoms with Crippen LogP contribution < -0.4 is 5.73 Å². The summed E-state index contributed by atoms with van der Waals surface area (Å²) < 4.78 is 0. The van der Waals surface area contributed by atoms with E-state index in [0.29, 0.717) is 5.56 Å². The third-order valence-corrected chi connectivity index (χ3v) is 6.43. The minimum atomic E-state index is -0.426. The van der Waals surface area contributed by atoms with Crippen LogP contribution in [-0.2, 0) is 5.41 Å². The first-order valence-corrected chi connectivity index (χ1v) is 8.64. The minimum absolute atomic E-state index is 0.0127. The third kappa shape index (κ3) is 2.15. The second-order valence-electron chi connectivity index (χ2n) is 7.83. The standard InChI is InChI=1S/C19H24N2O2/c1-11-16-17(22)14-6-5-13(18(20)23)9-15(14)19(11,2)7-8-21(16)10-12-3-4-12/h5-6,9,11-12,16H,3-4,7-8,10H2,1-2H3,(H2,20,23)/t11-,16-,19?/m0/s1. The van der Waals surface area contributed by atoms with Gasteiger partial charge in [-0.3, -0.25) is 14.5 Å². The number of hydrogen-bond acceptors (Lipinski definition) is 3. The molecule has 0 spiro atoms. The summed E-state index contributed by atoms with van der Waals surface area (Å²) in [5.41, 5.74) is 7.70. The van der Waals surface area contributed by atoms with E-state index in [-0.39, 0.29) is 23.2 Å². The predicted molar refractivity (Wildman–Crippen MR) is 88.5 cm³/mol. The number of nitrogens with zero attached hydrogens (tertiary/aromatic N) is 1. The maximum atomic E-state index is 13.1. The molecule has 1 heterocycles. The zero-order valence-electron chi connectivity index (χ0n) is 13.8. The number of carbonyl (C=O) groups excluding carboxylic acids is 2. The minimum Gasteiger partial charge on any atom is -0.366 e. The molecule has 1 aliphatic heterocycles. The second-order valence-corrected chi connectivity index (χ2v) is 7.83. The lowest BCUT2D eigenvalue weighted by molar-refractivity contribution is 0.0265. The van der Waals surface area contributed by atoms with Gasteiger partial charge in [0.2, 0.25) is 5.91 Å². The van der Waals surface area contributed by atoms with Crippen LogP contribution in [0.3, 0.4) is 0 Å². The number of hydrogen-bond donors (Lipinski definition) is 1. The smallest absolute Gasteiger partial charge is 0.248 e. The molecular weight excluding hydrogens is 288 g/mol. The quantitative estimate of drug-likeness (QED) is 0.932. The molecule has 2 bridgehead atoms. The number of benzene rings is 1. The molecule has 1 aromatic rings. The van der Waals surface area contributed by atoms with Crippen LogP contribution in [0, 0.1) is 11.8 Å². The Morgan fingerprint density at radius 3 is 2.78 bits per heavy atom. The lowest BCUT2D eigenvalue weighted by Crippen LogP contribution is -2.61. The first-order valence-electron chi connectivity index (χ1n) is 8.64. The van der Waals surface area contributed by atoms with Crippen LogP contribution in [0.25, 0.3) is 0 Å². The van der Waals surface area contributed by atoms with Gasteiger partial charge in [0.15, 0.2) is 5.78 Å². The number of piperidine rings is 1. The fraction of sp³-hybridized carbons (Fsp3) is 0.579. The average molecular weight is 312 g/mol. The highest BCUT2D eigenvalue weighted by Crippen LogP contribution is 2.49. The molecule has 3 atom stereocenters. The maximum absolute atomic E-state index is 13.1. The Bertz CT molecular complexity index is 695. The molecule has 2 fully saturated rings. The van der Waals surface area contributed by atoms with Gasteiger partial charge < -0.3 is 5.73 Å². The highest BCUT2D eigenvalue weighted by atomic mass is 16.1. The SMILES string of the molecule is C[C@H]1[C@H]2C(=O)c3ccc(C(N)=O)cc3C1(C)CCN2CC1CC1. The van der Waals surface area contributed by atoms with E-state index in [2.05, 4.69) is 18.7 Å². The van der Waals surface area contributed by atoms with Crippen molar-refractivity contribution in [3.05, 3.63) is 34.9 Å². The summed E-state index contributed by atoms with van der Waals surface area (Å²) in [6, 6.07) is 5.36. The largest absolute Gasteiger partial charge is 0.366 e. The number of rotatable bonds is 3. The van der Waals surface area contributed by atoms with Crippen LogP contribution in [0.4, 0.5) is 0 Å². The van der Waals surface area contributed by atoms with E-state index in [1.165, 1.54) is 12.8 Å². The number of fused-ring (bicyclic) bond motifs is 4. The van der Waals surface area contributed by atoms with E-state index in [9.17, 15) is 9.59 Å². The number of nitrogens with two attached hydrogens (primary N) is 1. The first-order chi connectivity index (χ1) is 10.9. The van der Waals surface area contributed by atoms with Crippen molar-refractivity contribution < 1.29 is 9.59 Å². The van der Waals surface area contributed by atoms with E-state index < -0.39 is 5.91 Å². The van der Waals surface area contributed by atoms with Crippen LogP contribution in [-0.4, -0.2) is 35.7 Å². The molecule has 4 nitrogen and oxygen atoms in total. The highest BCUT2D eigenvalue weighted by molar-refractivity contribution is 6.05. The van der Waals surface area contributed by atoms with Gasteiger partial charge in [0, 0.05) is 17.7 Å². The van der Waals surface area contributed by atoms with Gasteiger partial charge in [0.25, 0.3) is 0 Å². The summed E-state index contributed by atoms with van der Waals surface area (Å²) in [7, 11) is 0. The Morgan fingerprint density at radius 2 is 2.13 bits per heavy atom. The van der Waals surface area contributed by atoms with E-state index in [0.717, 1.165) is 36.6 Å². The molecular formula is C19H24N2O2. The normalized spacial score (nSPS) is 33.4. The van der Waals surface area contributed by atoms with Crippen molar-refractivity contribution in [1.29, 1.82) is 0 Å². The highest BCUT2D eigenvalue weighted by Gasteiger charge is 2.52. The summed E-state index contributed by atoms with van der Waals surface area (Å²) in [6.45, 7) is 6.47. The van der Waals surface area contributed by atoms with E-state index in [1.54, 1.807) is 6.07 Å². The number of amides is 1. The third-order valence-electron chi connectivity index (χ3n) is 6.43. The van der Waals surface area contributed by atoms with Crippen LogP contribution in [0.2, 0.25) is 0 Å². The number of carbonyl (C=O) groups is 2. The van der Waals surface area contributed by atoms with Gasteiger partial charge in [-0.2, -0.15) is 0 Å². The average Bonchev–Trinajstić information content (AvgIpc) is 3.33. The van der Waals surface area contributed by atoms with Gasteiger partial charge in [-0.25, -0.2) is 0 Å².